The number of benzene rings is 1. The number of carbonyl (C=O) groups excluding carboxylic acids is 1. The molecule has 100 valence electrons. The Hall–Kier alpha value is -1.60. The van der Waals surface area contributed by atoms with Gasteiger partial charge in [0.1, 0.15) is 0 Å². The highest BCUT2D eigenvalue weighted by atomic mass is 32.2. The van der Waals surface area contributed by atoms with Crippen molar-refractivity contribution < 1.29 is 13.2 Å². The first kappa shape index (κ1) is 14.5. The van der Waals surface area contributed by atoms with E-state index < -0.39 is 10.0 Å². The quantitative estimate of drug-likeness (QED) is 0.514. The summed E-state index contributed by atoms with van der Waals surface area (Å²) < 4.78 is 24.6. The number of rotatable bonds is 6. The summed E-state index contributed by atoms with van der Waals surface area (Å²) >= 11 is 0. The van der Waals surface area contributed by atoms with E-state index in [1.807, 2.05) is 0 Å². The first-order valence-electron chi connectivity index (χ1n) is 5.41. The summed E-state index contributed by atoms with van der Waals surface area (Å²) in [6.45, 7) is 1.71. The Balaban J connectivity index is 2.65. The van der Waals surface area contributed by atoms with Gasteiger partial charge in [0.05, 0.1) is 5.75 Å². The molecule has 0 atom stereocenters. The van der Waals surface area contributed by atoms with E-state index in [9.17, 15) is 13.2 Å². The topological polar surface area (TPSA) is 101 Å². The zero-order valence-corrected chi connectivity index (χ0v) is 11.2. The minimum absolute atomic E-state index is 0.0299. The molecule has 0 spiro atoms. The molecule has 1 aromatic carbocycles. The van der Waals surface area contributed by atoms with Gasteiger partial charge in [-0.05, 0) is 32.2 Å². The van der Waals surface area contributed by atoms with Crippen LogP contribution in [0.2, 0.25) is 0 Å². The average molecular weight is 271 g/mol. The van der Waals surface area contributed by atoms with Crippen molar-refractivity contribution in [2.45, 2.75) is 6.92 Å². The molecule has 0 heterocycles. The van der Waals surface area contributed by atoms with E-state index in [2.05, 4.69) is 10.0 Å². The average Bonchev–Trinajstić information content (AvgIpc) is 2.28. The van der Waals surface area contributed by atoms with Crippen molar-refractivity contribution in [3.05, 3.63) is 23.8 Å². The number of sulfonamides is 1. The fraction of sp³-hybridized carbons (Fsp3) is 0.364. The molecular formula is C11H17N3O3S. The van der Waals surface area contributed by atoms with Crippen LogP contribution in [-0.4, -0.2) is 33.5 Å². The number of carbonyl (C=O) groups is 1. The third-order valence-electron chi connectivity index (χ3n) is 2.44. The highest BCUT2D eigenvalue weighted by molar-refractivity contribution is 7.89. The van der Waals surface area contributed by atoms with Gasteiger partial charge in [0, 0.05) is 23.5 Å². The van der Waals surface area contributed by atoms with Gasteiger partial charge in [0.25, 0.3) is 0 Å². The van der Waals surface area contributed by atoms with E-state index in [4.69, 9.17) is 5.73 Å². The van der Waals surface area contributed by atoms with Crippen molar-refractivity contribution in [2.24, 2.45) is 0 Å². The lowest BCUT2D eigenvalue weighted by molar-refractivity contribution is 0.101. The van der Waals surface area contributed by atoms with Gasteiger partial charge in [-0.15, -0.1) is 0 Å². The maximum absolute atomic E-state index is 11.2. The summed E-state index contributed by atoms with van der Waals surface area (Å²) in [5.74, 6) is -0.130. The Kier molecular flexibility index (Phi) is 4.69. The third-order valence-corrected chi connectivity index (χ3v) is 3.81. The van der Waals surface area contributed by atoms with Crippen LogP contribution < -0.4 is 15.8 Å². The summed E-state index contributed by atoms with van der Waals surface area (Å²) in [7, 11) is -1.85. The van der Waals surface area contributed by atoms with E-state index >= 15 is 0 Å². The molecule has 18 heavy (non-hydrogen) atoms. The molecule has 4 N–H and O–H groups in total. The minimum atomic E-state index is -3.22. The second-order valence-corrected chi connectivity index (χ2v) is 5.85. The lowest BCUT2D eigenvalue weighted by Crippen LogP contribution is -2.26. The Labute approximate surface area is 107 Å². The molecular weight excluding hydrogens is 254 g/mol. The van der Waals surface area contributed by atoms with Gasteiger partial charge >= 0.3 is 0 Å². The second-order valence-electron chi connectivity index (χ2n) is 3.81. The van der Waals surface area contributed by atoms with Crippen LogP contribution in [0.1, 0.15) is 17.3 Å². The van der Waals surface area contributed by atoms with Crippen LogP contribution in [0.3, 0.4) is 0 Å². The number of nitrogens with one attached hydrogen (secondary N) is 2. The molecule has 0 fully saturated rings. The molecule has 0 saturated carbocycles. The predicted molar refractivity (Wildman–Crippen MR) is 72.2 cm³/mol. The Morgan fingerprint density at radius 3 is 2.56 bits per heavy atom. The smallest absolute Gasteiger partial charge is 0.213 e. The molecule has 0 saturated heterocycles. The van der Waals surface area contributed by atoms with Crippen LogP contribution in [-0.2, 0) is 10.0 Å². The second kappa shape index (κ2) is 5.83. The molecule has 0 unspecified atom stereocenters. The van der Waals surface area contributed by atoms with Gasteiger partial charge in [0.2, 0.25) is 10.0 Å². The molecule has 7 heteroatoms. The summed E-state index contributed by atoms with van der Waals surface area (Å²) in [6, 6.07) is 4.92. The monoisotopic (exact) mass is 271 g/mol. The Morgan fingerprint density at radius 1 is 1.39 bits per heavy atom. The lowest BCUT2D eigenvalue weighted by atomic mass is 10.1. The van der Waals surface area contributed by atoms with E-state index in [0.29, 0.717) is 16.9 Å². The minimum Gasteiger partial charge on any atom is -0.398 e. The van der Waals surface area contributed by atoms with E-state index in [1.165, 1.54) is 14.0 Å². The number of anilines is 2. The van der Waals surface area contributed by atoms with Gasteiger partial charge in [0.15, 0.2) is 5.78 Å². The van der Waals surface area contributed by atoms with Crippen molar-refractivity contribution in [1.82, 2.24) is 4.72 Å². The zero-order valence-electron chi connectivity index (χ0n) is 10.4. The fourth-order valence-corrected chi connectivity index (χ4v) is 2.00. The van der Waals surface area contributed by atoms with Crippen molar-refractivity contribution in [1.29, 1.82) is 0 Å². The molecule has 0 amide bonds. The van der Waals surface area contributed by atoms with Crippen LogP contribution in [0.15, 0.2) is 18.2 Å². The summed E-state index contributed by atoms with van der Waals surface area (Å²) in [6.07, 6.45) is 0. The van der Waals surface area contributed by atoms with E-state index in [-0.39, 0.29) is 18.1 Å². The maximum Gasteiger partial charge on any atom is 0.213 e. The normalized spacial score (nSPS) is 11.2. The SMILES string of the molecule is CNS(=O)(=O)CCNc1ccc(C(C)=O)c(N)c1. The first-order chi connectivity index (χ1) is 8.35. The van der Waals surface area contributed by atoms with Crippen LogP contribution in [0.5, 0.6) is 0 Å². The van der Waals surface area contributed by atoms with Crippen molar-refractivity contribution in [3.8, 4) is 0 Å². The third kappa shape index (κ3) is 4.01. The molecule has 0 aliphatic rings. The number of Topliss-reactive ketones (excluding diaryl/α,β-unsaturated/α-hetero) is 1. The number of ketones is 1. The Morgan fingerprint density at radius 2 is 2.06 bits per heavy atom. The van der Waals surface area contributed by atoms with Crippen LogP contribution >= 0.6 is 0 Å². The molecule has 1 rings (SSSR count). The number of nitrogens with two attached hydrogens (primary N) is 1. The van der Waals surface area contributed by atoms with E-state index in [0.717, 1.165) is 0 Å². The molecule has 0 aliphatic heterocycles. The lowest BCUT2D eigenvalue weighted by Gasteiger charge is -2.09. The van der Waals surface area contributed by atoms with Crippen molar-refractivity contribution in [3.63, 3.8) is 0 Å². The van der Waals surface area contributed by atoms with Crippen LogP contribution in [0.25, 0.3) is 0 Å². The van der Waals surface area contributed by atoms with E-state index in [1.54, 1.807) is 18.2 Å². The first-order valence-corrected chi connectivity index (χ1v) is 7.06. The van der Waals surface area contributed by atoms with Gasteiger partial charge in [-0.3, -0.25) is 4.79 Å². The molecule has 0 radical (unpaired) electrons. The van der Waals surface area contributed by atoms with Crippen LogP contribution in [0, 0.1) is 0 Å². The fourth-order valence-electron chi connectivity index (χ4n) is 1.43. The number of nitrogen functional groups attached to an aromatic ring is 1. The molecule has 0 bridgehead atoms. The highest BCUT2D eigenvalue weighted by Crippen LogP contribution is 2.18. The Bertz CT molecular complexity index is 540. The van der Waals surface area contributed by atoms with Gasteiger partial charge < -0.3 is 11.1 Å². The highest BCUT2D eigenvalue weighted by Gasteiger charge is 2.07. The number of hydrogen-bond donors (Lipinski definition) is 3. The summed E-state index contributed by atoms with van der Waals surface area (Å²) in [5, 5.41) is 2.93. The number of hydrogen-bond acceptors (Lipinski definition) is 5. The van der Waals surface area contributed by atoms with Crippen LogP contribution in [0.4, 0.5) is 11.4 Å². The standard InChI is InChI=1S/C11H17N3O3S/c1-8(15)10-4-3-9(7-11(10)12)14-5-6-18(16,17)13-2/h3-4,7,13-14H,5-6,12H2,1-2H3. The van der Waals surface area contributed by atoms with Crippen molar-refractivity contribution >= 4 is 27.2 Å². The summed E-state index contributed by atoms with van der Waals surface area (Å²) in [4.78, 5) is 11.2. The van der Waals surface area contributed by atoms with Gasteiger partial charge in [-0.2, -0.15) is 0 Å². The molecule has 6 nitrogen and oxygen atoms in total. The van der Waals surface area contributed by atoms with Gasteiger partial charge in [-0.1, -0.05) is 0 Å². The molecule has 0 aliphatic carbocycles. The predicted octanol–water partition coefficient (Wildman–Crippen LogP) is 0.432. The molecule has 1 aromatic rings. The largest absolute Gasteiger partial charge is 0.398 e. The zero-order chi connectivity index (χ0) is 13.8. The maximum atomic E-state index is 11.2. The van der Waals surface area contributed by atoms with Gasteiger partial charge in [-0.25, -0.2) is 13.1 Å². The summed E-state index contributed by atoms with van der Waals surface area (Å²) in [5.41, 5.74) is 7.24. The van der Waals surface area contributed by atoms with Crippen molar-refractivity contribution in [2.75, 3.05) is 30.4 Å². The molecule has 0 aromatic heterocycles.